The summed E-state index contributed by atoms with van der Waals surface area (Å²) in [6.07, 6.45) is 0. The molecule has 0 aliphatic rings. The SMILES string of the molecule is CC(C)(C)[C@H](N)C(=O)NC(CO)C(=O)O. The van der Waals surface area contributed by atoms with Crippen LogP contribution < -0.4 is 11.1 Å². The van der Waals surface area contributed by atoms with Gasteiger partial charge in [0.2, 0.25) is 5.91 Å². The summed E-state index contributed by atoms with van der Waals surface area (Å²) >= 11 is 0. The maximum atomic E-state index is 11.5. The molecule has 0 aromatic rings. The summed E-state index contributed by atoms with van der Waals surface area (Å²) < 4.78 is 0. The molecule has 0 bridgehead atoms. The minimum atomic E-state index is -1.30. The zero-order chi connectivity index (χ0) is 12.2. The number of carboxylic acid groups (broad SMARTS) is 1. The maximum absolute atomic E-state index is 11.5. The van der Waals surface area contributed by atoms with Gasteiger partial charge in [-0.25, -0.2) is 4.79 Å². The van der Waals surface area contributed by atoms with Gasteiger partial charge in [0.05, 0.1) is 12.6 Å². The van der Waals surface area contributed by atoms with E-state index in [-0.39, 0.29) is 0 Å². The van der Waals surface area contributed by atoms with Gasteiger partial charge in [-0.2, -0.15) is 0 Å². The number of rotatable bonds is 4. The number of carbonyl (C=O) groups is 2. The topological polar surface area (TPSA) is 113 Å². The summed E-state index contributed by atoms with van der Waals surface area (Å²) in [5.74, 6) is -1.86. The van der Waals surface area contributed by atoms with Crippen molar-refractivity contribution in [2.45, 2.75) is 32.9 Å². The summed E-state index contributed by atoms with van der Waals surface area (Å²) in [7, 11) is 0. The van der Waals surface area contributed by atoms with E-state index in [1.54, 1.807) is 20.8 Å². The second-order valence-corrected chi connectivity index (χ2v) is 4.43. The highest BCUT2D eigenvalue weighted by atomic mass is 16.4. The minimum Gasteiger partial charge on any atom is -0.480 e. The summed E-state index contributed by atoms with van der Waals surface area (Å²) in [6.45, 7) is 4.65. The van der Waals surface area contributed by atoms with Crippen LogP contribution in [0.4, 0.5) is 0 Å². The third kappa shape index (κ3) is 4.26. The van der Waals surface area contributed by atoms with Crippen molar-refractivity contribution in [3.63, 3.8) is 0 Å². The van der Waals surface area contributed by atoms with Crippen LogP contribution in [0, 0.1) is 5.41 Å². The molecule has 0 aromatic heterocycles. The molecule has 0 heterocycles. The number of carbonyl (C=O) groups excluding carboxylic acids is 1. The Morgan fingerprint density at radius 2 is 1.87 bits per heavy atom. The predicted molar refractivity (Wildman–Crippen MR) is 54.1 cm³/mol. The van der Waals surface area contributed by atoms with Crippen molar-refractivity contribution in [1.29, 1.82) is 0 Å². The Hall–Kier alpha value is -1.14. The lowest BCUT2D eigenvalue weighted by atomic mass is 9.87. The van der Waals surface area contributed by atoms with Crippen molar-refractivity contribution in [1.82, 2.24) is 5.32 Å². The lowest BCUT2D eigenvalue weighted by Gasteiger charge is -2.26. The minimum absolute atomic E-state index is 0.456. The van der Waals surface area contributed by atoms with Gasteiger partial charge in [0.25, 0.3) is 0 Å². The van der Waals surface area contributed by atoms with E-state index in [2.05, 4.69) is 5.32 Å². The highest BCUT2D eigenvalue weighted by Gasteiger charge is 2.30. The van der Waals surface area contributed by atoms with Crippen LogP contribution in [0.2, 0.25) is 0 Å². The van der Waals surface area contributed by atoms with Crippen LogP contribution in [-0.2, 0) is 9.59 Å². The van der Waals surface area contributed by atoms with Crippen molar-refractivity contribution in [3.05, 3.63) is 0 Å². The van der Waals surface area contributed by atoms with Gasteiger partial charge in [0, 0.05) is 0 Å². The Bertz CT molecular complexity index is 247. The smallest absolute Gasteiger partial charge is 0.328 e. The van der Waals surface area contributed by atoms with E-state index < -0.39 is 36.0 Å². The third-order valence-electron chi connectivity index (χ3n) is 2.01. The van der Waals surface area contributed by atoms with E-state index in [0.29, 0.717) is 0 Å². The fourth-order valence-corrected chi connectivity index (χ4v) is 0.840. The first kappa shape index (κ1) is 13.9. The molecule has 5 N–H and O–H groups in total. The average Bonchev–Trinajstić information content (AvgIpc) is 2.10. The second-order valence-electron chi connectivity index (χ2n) is 4.43. The Morgan fingerprint density at radius 3 is 2.13 bits per heavy atom. The number of nitrogens with two attached hydrogens (primary N) is 1. The Morgan fingerprint density at radius 1 is 1.40 bits per heavy atom. The standard InChI is InChI=1S/C9H18N2O4/c1-9(2,3)6(10)7(13)11-5(4-12)8(14)15/h5-6,12H,4,10H2,1-3H3,(H,11,13)(H,14,15)/t5?,6-/m1/s1. The first-order valence-corrected chi connectivity index (χ1v) is 4.59. The summed E-state index contributed by atoms with van der Waals surface area (Å²) in [5, 5.41) is 19.4. The highest BCUT2D eigenvalue weighted by Crippen LogP contribution is 2.17. The van der Waals surface area contributed by atoms with Crippen molar-refractivity contribution in [3.8, 4) is 0 Å². The molecule has 0 saturated carbocycles. The number of aliphatic carboxylic acids is 1. The van der Waals surface area contributed by atoms with Gasteiger partial charge in [0.15, 0.2) is 0 Å². The molecule has 1 unspecified atom stereocenters. The zero-order valence-corrected chi connectivity index (χ0v) is 9.15. The Labute approximate surface area is 88.5 Å². The normalized spacial score (nSPS) is 15.5. The number of carboxylic acids is 1. The van der Waals surface area contributed by atoms with E-state index in [4.69, 9.17) is 15.9 Å². The number of hydrogen-bond donors (Lipinski definition) is 4. The van der Waals surface area contributed by atoms with Crippen LogP contribution in [-0.4, -0.2) is 40.8 Å². The molecule has 2 atom stereocenters. The molecule has 1 amide bonds. The van der Waals surface area contributed by atoms with Gasteiger partial charge in [-0.15, -0.1) is 0 Å². The van der Waals surface area contributed by atoms with Crippen LogP contribution in [0.5, 0.6) is 0 Å². The van der Waals surface area contributed by atoms with Gasteiger partial charge < -0.3 is 21.3 Å². The van der Waals surface area contributed by atoms with Gasteiger partial charge in [-0.1, -0.05) is 20.8 Å². The average molecular weight is 218 g/mol. The zero-order valence-electron chi connectivity index (χ0n) is 9.15. The summed E-state index contributed by atoms with van der Waals surface area (Å²) in [5.41, 5.74) is 5.16. The lowest BCUT2D eigenvalue weighted by molar-refractivity contribution is -0.143. The van der Waals surface area contributed by atoms with Crippen molar-refractivity contribution >= 4 is 11.9 Å². The first-order valence-electron chi connectivity index (χ1n) is 4.59. The quantitative estimate of drug-likeness (QED) is 0.479. The van der Waals surface area contributed by atoms with Crippen LogP contribution in [0.3, 0.4) is 0 Å². The molecule has 15 heavy (non-hydrogen) atoms. The molecule has 0 fully saturated rings. The number of nitrogens with one attached hydrogen (secondary N) is 1. The van der Waals surface area contributed by atoms with Crippen LogP contribution in [0.25, 0.3) is 0 Å². The van der Waals surface area contributed by atoms with E-state index in [1.807, 2.05) is 0 Å². The van der Waals surface area contributed by atoms with E-state index in [9.17, 15) is 9.59 Å². The molecule has 0 radical (unpaired) electrons. The van der Waals surface area contributed by atoms with Gasteiger partial charge in [-0.3, -0.25) is 4.79 Å². The summed E-state index contributed by atoms with van der Waals surface area (Å²) in [6, 6.07) is -2.11. The summed E-state index contributed by atoms with van der Waals surface area (Å²) in [4.78, 5) is 22.0. The Kier molecular flexibility index (Phi) is 4.70. The molecule has 0 aliphatic heterocycles. The molecule has 6 heteroatoms. The van der Waals surface area contributed by atoms with Gasteiger partial charge in [0.1, 0.15) is 6.04 Å². The second kappa shape index (κ2) is 5.09. The molecule has 88 valence electrons. The molecule has 0 spiro atoms. The fraction of sp³-hybridized carbons (Fsp3) is 0.778. The molecular weight excluding hydrogens is 200 g/mol. The highest BCUT2D eigenvalue weighted by molar-refractivity contribution is 5.87. The van der Waals surface area contributed by atoms with E-state index in [1.165, 1.54) is 0 Å². The van der Waals surface area contributed by atoms with Crippen LogP contribution >= 0.6 is 0 Å². The Balaban J connectivity index is 4.42. The molecule has 0 saturated heterocycles. The first-order chi connectivity index (χ1) is 6.70. The molecular formula is C9H18N2O4. The van der Waals surface area contributed by atoms with Crippen molar-refractivity contribution in [2.24, 2.45) is 11.1 Å². The van der Waals surface area contributed by atoms with E-state index in [0.717, 1.165) is 0 Å². The van der Waals surface area contributed by atoms with Crippen LogP contribution in [0.15, 0.2) is 0 Å². The largest absolute Gasteiger partial charge is 0.480 e. The molecule has 0 rings (SSSR count). The molecule has 0 aromatic carbocycles. The number of aliphatic hydroxyl groups excluding tert-OH is 1. The van der Waals surface area contributed by atoms with Gasteiger partial charge >= 0.3 is 5.97 Å². The molecule has 0 aliphatic carbocycles. The fourth-order valence-electron chi connectivity index (χ4n) is 0.840. The van der Waals surface area contributed by atoms with E-state index >= 15 is 0 Å². The maximum Gasteiger partial charge on any atom is 0.328 e. The van der Waals surface area contributed by atoms with Crippen LogP contribution in [0.1, 0.15) is 20.8 Å². The molecule has 6 nitrogen and oxygen atoms in total. The number of hydrogen-bond acceptors (Lipinski definition) is 4. The van der Waals surface area contributed by atoms with Crippen molar-refractivity contribution < 1.29 is 19.8 Å². The number of aliphatic hydroxyl groups is 1. The predicted octanol–water partition coefficient (Wildman–Crippen LogP) is -1.08. The van der Waals surface area contributed by atoms with Crippen molar-refractivity contribution in [2.75, 3.05) is 6.61 Å². The lowest BCUT2D eigenvalue weighted by Crippen LogP contribution is -2.54. The number of amides is 1. The monoisotopic (exact) mass is 218 g/mol. The third-order valence-corrected chi connectivity index (χ3v) is 2.01. The van der Waals surface area contributed by atoms with Gasteiger partial charge in [-0.05, 0) is 5.41 Å².